The van der Waals surface area contributed by atoms with Crippen molar-refractivity contribution in [2.45, 2.75) is 12.4 Å². The summed E-state index contributed by atoms with van der Waals surface area (Å²) in [6.07, 6.45) is 1.18. The minimum Gasteiger partial charge on any atom is -0.382 e. The van der Waals surface area contributed by atoms with Gasteiger partial charge in [0.15, 0.2) is 0 Å². The summed E-state index contributed by atoms with van der Waals surface area (Å²) in [7, 11) is 0. The van der Waals surface area contributed by atoms with Gasteiger partial charge >= 0.3 is 0 Å². The quantitative estimate of drug-likeness (QED) is 0.445. The van der Waals surface area contributed by atoms with Gasteiger partial charge in [0.1, 0.15) is 5.44 Å². The Balaban J connectivity index is 3.39. The third-order valence-electron chi connectivity index (χ3n) is 0.453. The molecule has 8 heavy (non-hydrogen) atoms. The highest BCUT2D eigenvalue weighted by atomic mass is 32.2. The van der Waals surface area contributed by atoms with Gasteiger partial charge in [0.05, 0.1) is 0 Å². The van der Waals surface area contributed by atoms with E-state index in [4.69, 9.17) is 5.11 Å². The van der Waals surface area contributed by atoms with Crippen molar-refractivity contribution in [3.8, 4) is 0 Å². The van der Waals surface area contributed by atoms with Crippen molar-refractivity contribution in [3.05, 3.63) is 12.7 Å². The normalized spacial score (nSPS) is 12.8. The molecule has 0 saturated heterocycles. The molecule has 46 valence electrons. The molecule has 0 aromatic carbocycles. The largest absolute Gasteiger partial charge is 0.382 e. The topological polar surface area (TPSA) is 37.3 Å². The first-order valence-corrected chi connectivity index (χ1v) is 3.06. The predicted octanol–water partition coefficient (Wildman–Crippen LogP) is 0.770. The van der Waals surface area contributed by atoms with Gasteiger partial charge < -0.3 is 5.11 Å². The Morgan fingerprint density at radius 1 is 2.00 bits per heavy atom. The Morgan fingerprint density at radius 3 is 2.62 bits per heavy atom. The highest BCUT2D eigenvalue weighted by Gasteiger charge is 1.99. The van der Waals surface area contributed by atoms with E-state index in [1.54, 1.807) is 0 Å². The maximum absolute atomic E-state index is 10.3. The van der Waals surface area contributed by atoms with Crippen LogP contribution in [0.25, 0.3) is 0 Å². The Labute approximate surface area is 52.6 Å². The number of hydrogen-bond donors (Lipinski definition) is 1. The van der Waals surface area contributed by atoms with E-state index in [2.05, 4.69) is 6.58 Å². The van der Waals surface area contributed by atoms with Gasteiger partial charge in [-0.05, 0) is 13.0 Å². The molecule has 1 N–H and O–H groups in total. The molecule has 2 nitrogen and oxygen atoms in total. The average Bonchev–Trinajstić information content (AvgIpc) is 1.65. The lowest BCUT2D eigenvalue weighted by atomic mass is 10.7. The van der Waals surface area contributed by atoms with Crippen molar-refractivity contribution in [1.29, 1.82) is 0 Å². The molecule has 0 aliphatic rings. The zero-order valence-corrected chi connectivity index (χ0v) is 5.44. The number of thioether (sulfide) groups is 1. The monoisotopic (exact) mass is 132 g/mol. The van der Waals surface area contributed by atoms with E-state index >= 15 is 0 Å². The van der Waals surface area contributed by atoms with E-state index in [1.165, 1.54) is 13.0 Å². The van der Waals surface area contributed by atoms with Gasteiger partial charge in [0, 0.05) is 0 Å². The van der Waals surface area contributed by atoms with Crippen LogP contribution in [0.15, 0.2) is 12.7 Å². The highest BCUT2D eigenvalue weighted by Crippen LogP contribution is 2.07. The predicted molar refractivity (Wildman–Crippen MR) is 34.5 cm³/mol. The zero-order chi connectivity index (χ0) is 6.57. The first kappa shape index (κ1) is 7.72. The van der Waals surface area contributed by atoms with Crippen molar-refractivity contribution in [1.82, 2.24) is 0 Å². The number of rotatable bonds is 2. The summed E-state index contributed by atoms with van der Waals surface area (Å²) >= 11 is 0.853. The maximum atomic E-state index is 10.3. The summed E-state index contributed by atoms with van der Waals surface area (Å²) in [6, 6.07) is 0. The van der Waals surface area contributed by atoms with Crippen LogP contribution < -0.4 is 0 Å². The SMILES string of the molecule is C=CC(=O)SC(C)O. The lowest BCUT2D eigenvalue weighted by Crippen LogP contribution is -1.96. The molecule has 0 aliphatic heterocycles. The fourth-order valence-corrected chi connectivity index (χ4v) is 0.649. The summed E-state index contributed by atoms with van der Waals surface area (Å²) in [6.45, 7) is 4.77. The molecular weight excluding hydrogens is 124 g/mol. The lowest BCUT2D eigenvalue weighted by Gasteiger charge is -1.95. The second-order valence-corrected chi connectivity index (χ2v) is 2.56. The molecule has 1 unspecified atom stereocenters. The molecule has 3 heteroatoms. The van der Waals surface area contributed by atoms with E-state index in [-0.39, 0.29) is 5.12 Å². The summed E-state index contributed by atoms with van der Waals surface area (Å²) < 4.78 is 0. The van der Waals surface area contributed by atoms with Crippen molar-refractivity contribution in [2.24, 2.45) is 0 Å². The van der Waals surface area contributed by atoms with Crippen LogP contribution in [0.4, 0.5) is 0 Å². The summed E-state index contributed by atoms with van der Waals surface area (Å²) in [5, 5.41) is 8.35. The first-order valence-electron chi connectivity index (χ1n) is 2.18. The molecule has 0 aliphatic carbocycles. The molecule has 0 aromatic heterocycles. The van der Waals surface area contributed by atoms with Gasteiger partial charge in [-0.3, -0.25) is 4.79 Å². The molecule has 0 rings (SSSR count). The molecule has 0 fully saturated rings. The van der Waals surface area contributed by atoms with Crippen LogP contribution in [0.5, 0.6) is 0 Å². The summed E-state index contributed by atoms with van der Waals surface area (Å²) in [5.74, 6) is 0. The van der Waals surface area contributed by atoms with E-state index in [0.29, 0.717) is 0 Å². The number of aliphatic hydroxyl groups excluding tert-OH is 1. The van der Waals surface area contributed by atoms with Crippen LogP contribution in [-0.2, 0) is 4.79 Å². The maximum Gasteiger partial charge on any atom is 0.214 e. The Bertz CT molecular complexity index is 98.6. The molecule has 0 radical (unpaired) electrons. The van der Waals surface area contributed by atoms with E-state index in [1.807, 2.05) is 0 Å². The molecule has 1 atom stereocenters. The van der Waals surface area contributed by atoms with Crippen LogP contribution in [-0.4, -0.2) is 15.7 Å². The molecule has 0 heterocycles. The molecule has 0 saturated carbocycles. The summed E-state index contributed by atoms with van der Waals surface area (Å²) in [4.78, 5) is 10.3. The van der Waals surface area contributed by atoms with E-state index in [0.717, 1.165) is 11.8 Å². The van der Waals surface area contributed by atoms with Gasteiger partial charge in [-0.1, -0.05) is 18.3 Å². The van der Waals surface area contributed by atoms with Gasteiger partial charge in [0.25, 0.3) is 0 Å². The summed E-state index contributed by atoms with van der Waals surface area (Å²) in [5.41, 5.74) is -0.625. The number of hydrogen-bond acceptors (Lipinski definition) is 3. The third-order valence-corrected chi connectivity index (χ3v) is 1.19. The molecule has 0 bridgehead atoms. The Morgan fingerprint density at radius 2 is 2.50 bits per heavy atom. The van der Waals surface area contributed by atoms with Gasteiger partial charge in [-0.2, -0.15) is 0 Å². The minimum atomic E-state index is -0.625. The molecule has 0 spiro atoms. The van der Waals surface area contributed by atoms with Crippen molar-refractivity contribution in [3.63, 3.8) is 0 Å². The minimum absolute atomic E-state index is 0.194. The van der Waals surface area contributed by atoms with Crippen molar-refractivity contribution >= 4 is 16.9 Å². The number of carbonyl (C=O) groups is 1. The fraction of sp³-hybridized carbons (Fsp3) is 0.400. The Kier molecular flexibility index (Phi) is 3.56. The van der Waals surface area contributed by atoms with Gasteiger partial charge in [-0.15, -0.1) is 0 Å². The fourth-order valence-electron chi connectivity index (χ4n) is 0.216. The van der Waals surface area contributed by atoms with E-state index < -0.39 is 5.44 Å². The number of aliphatic hydroxyl groups is 1. The first-order chi connectivity index (χ1) is 3.66. The van der Waals surface area contributed by atoms with Gasteiger partial charge in [0.2, 0.25) is 5.12 Å². The molecule has 0 amide bonds. The van der Waals surface area contributed by atoms with Crippen LogP contribution in [0.2, 0.25) is 0 Å². The highest BCUT2D eigenvalue weighted by molar-refractivity contribution is 8.14. The van der Waals surface area contributed by atoms with Crippen LogP contribution in [0, 0.1) is 0 Å². The second-order valence-electron chi connectivity index (χ2n) is 1.24. The molecule has 0 aromatic rings. The van der Waals surface area contributed by atoms with Gasteiger partial charge in [-0.25, -0.2) is 0 Å². The van der Waals surface area contributed by atoms with Crippen LogP contribution >= 0.6 is 11.8 Å². The standard InChI is InChI=1S/C5H8O2S/c1-3-5(7)8-4(2)6/h3-4,6H,1H2,2H3. The van der Waals surface area contributed by atoms with E-state index in [9.17, 15) is 4.79 Å². The smallest absolute Gasteiger partial charge is 0.214 e. The zero-order valence-electron chi connectivity index (χ0n) is 4.63. The molecular formula is C5H8O2S. The lowest BCUT2D eigenvalue weighted by molar-refractivity contribution is -0.107. The number of carbonyl (C=O) groups excluding carboxylic acids is 1. The van der Waals surface area contributed by atoms with Crippen molar-refractivity contribution < 1.29 is 9.90 Å². The van der Waals surface area contributed by atoms with Crippen molar-refractivity contribution in [2.75, 3.05) is 0 Å². The Hall–Kier alpha value is -0.280. The second kappa shape index (κ2) is 3.69. The van der Waals surface area contributed by atoms with Crippen LogP contribution in [0.1, 0.15) is 6.92 Å². The van der Waals surface area contributed by atoms with Crippen LogP contribution in [0.3, 0.4) is 0 Å². The third kappa shape index (κ3) is 3.89. The average molecular weight is 132 g/mol.